The van der Waals surface area contributed by atoms with Crippen molar-refractivity contribution in [2.24, 2.45) is 29.6 Å². The number of rotatable bonds is 5. The van der Waals surface area contributed by atoms with Gasteiger partial charge in [-0.2, -0.15) is 5.26 Å². The summed E-state index contributed by atoms with van der Waals surface area (Å²) in [6, 6.07) is 2.32. The molecule has 10 atom stereocenters. The third kappa shape index (κ3) is 4.28. The lowest BCUT2D eigenvalue weighted by molar-refractivity contribution is -0.171. The van der Waals surface area contributed by atoms with Gasteiger partial charge in [-0.05, 0) is 39.2 Å². The molecule has 0 aromatic rings. The van der Waals surface area contributed by atoms with Crippen molar-refractivity contribution in [1.29, 1.82) is 5.26 Å². The van der Waals surface area contributed by atoms with E-state index in [9.17, 15) is 20.0 Å². The number of ketones is 1. The van der Waals surface area contributed by atoms with Gasteiger partial charge in [0.1, 0.15) is 11.9 Å². The van der Waals surface area contributed by atoms with Gasteiger partial charge in [-0.3, -0.25) is 4.79 Å². The highest BCUT2D eigenvalue weighted by Crippen LogP contribution is 2.53. The molecule has 2 aliphatic heterocycles. The van der Waals surface area contributed by atoms with Crippen LogP contribution in [-0.2, 0) is 23.8 Å². The number of ether oxygens (including phenoxy) is 3. The van der Waals surface area contributed by atoms with Crippen LogP contribution in [0.3, 0.4) is 0 Å². The van der Waals surface area contributed by atoms with Crippen molar-refractivity contribution in [2.45, 2.75) is 77.5 Å². The van der Waals surface area contributed by atoms with Gasteiger partial charge in [-0.25, -0.2) is 4.79 Å². The molecule has 176 valence electrons. The van der Waals surface area contributed by atoms with Crippen LogP contribution in [0, 0.1) is 40.9 Å². The van der Waals surface area contributed by atoms with Gasteiger partial charge in [0.15, 0.2) is 6.10 Å². The predicted octanol–water partition coefficient (Wildman–Crippen LogP) is 2.97. The van der Waals surface area contributed by atoms with E-state index in [1.807, 2.05) is 19.9 Å². The molecule has 0 aromatic carbocycles. The Morgan fingerprint density at radius 2 is 2.03 bits per heavy atom. The second-order valence-electron chi connectivity index (χ2n) is 9.70. The SMILES string of the molecule is CO[C@H]1C[C@H]2C=C[C@@H]3C[C@]2(O[C@H]3[C@H](C#N)C(C)C(C)=O)/C(C)=C/[C@@H](C)[C@@H]([C@@H](C)O)OC1=O. The van der Waals surface area contributed by atoms with Gasteiger partial charge >= 0.3 is 5.97 Å². The van der Waals surface area contributed by atoms with E-state index in [0.717, 1.165) is 5.57 Å². The van der Waals surface area contributed by atoms with Crippen molar-refractivity contribution in [3.05, 3.63) is 23.8 Å². The molecular formula is C25H35NO6. The van der Waals surface area contributed by atoms with Crippen molar-refractivity contribution >= 4 is 11.8 Å². The minimum absolute atomic E-state index is 0.000180. The molecule has 0 saturated carbocycles. The Morgan fingerprint density at radius 1 is 1.34 bits per heavy atom. The molecule has 1 unspecified atom stereocenters. The standard InChI is InChI=1S/C25H35NO6/c1-13-9-14(2)25-11-18(23(32-25)20(12-26)15(3)16(4)27)7-8-19(25)10-21(30-6)24(29)31-22(13)17(5)28/h7-9,13,15,17-23,28H,10-11H2,1-6H3/b14-9+/t13-,15?,17-,18-,19-,20-,21+,22+,23-,25+/m1/s1. The van der Waals surface area contributed by atoms with Crippen LogP contribution in [0.2, 0.25) is 0 Å². The van der Waals surface area contributed by atoms with E-state index < -0.39 is 47.8 Å². The fraction of sp³-hybridized carbons (Fsp3) is 0.720. The molecule has 7 heteroatoms. The third-order valence-electron chi connectivity index (χ3n) is 7.62. The zero-order valence-corrected chi connectivity index (χ0v) is 19.8. The van der Waals surface area contributed by atoms with Gasteiger partial charge in [-0.1, -0.05) is 32.1 Å². The van der Waals surface area contributed by atoms with Crippen molar-refractivity contribution in [3.8, 4) is 6.07 Å². The van der Waals surface area contributed by atoms with E-state index in [0.29, 0.717) is 12.8 Å². The summed E-state index contributed by atoms with van der Waals surface area (Å²) in [6.45, 7) is 8.80. The molecule has 2 heterocycles. The zero-order valence-electron chi connectivity index (χ0n) is 19.8. The Kier molecular flexibility index (Phi) is 7.28. The second kappa shape index (κ2) is 9.46. The molecular weight excluding hydrogens is 410 g/mol. The summed E-state index contributed by atoms with van der Waals surface area (Å²) in [7, 11) is 1.47. The topological polar surface area (TPSA) is 106 Å². The maximum atomic E-state index is 12.8. The van der Waals surface area contributed by atoms with Gasteiger partial charge in [0.05, 0.1) is 29.8 Å². The van der Waals surface area contributed by atoms with Gasteiger partial charge in [0, 0.05) is 30.8 Å². The van der Waals surface area contributed by atoms with Crippen LogP contribution in [0.1, 0.15) is 47.5 Å². The molecule has 32 heavy (non-hydrogen) atoms. The number of aliphatic hydroxyl groups is 1. The number of hydrogen-bond acceptors (Lipinski definition) is 7. The fourth-order valence-corrected chi connectivity index (χ4v) is 5.58. The largest absolute Gasteiger partial charge is 0.457 e. The van der Waals surface area contributed by atoms with Crippen LogP contribution in [0.4, 0.5) is 0 Å². The maximum Gasteiger partial charge on any atom is 0.335 e. The van der Waals surface area contributed by atoms with E-state index in [1.54, 1.807) is 13.8 Å². The highest BCUT2D eigenvalue weighted by Gasteiger charge is 2.56. The van der Waals surface area contributed by atoms with Crippen LogP contribution < -0.4 is 0 Å². The Hall–Kier alpha value is -2.01. The number of Topliss-reactive ketones (excluding diaryl/α,β-unsaturated/α-hetero) is 1. The number of hydrogen-bond donors (Lipinski definition) is 1. The fourth-order valence-electron chi connectivity index (χ4n) is 5.58. The molecule has 1 N–H and O–H groups in total. The minimum Gasteiger partial charge on any atom is -0.457 e. The number of nitrogens with zero attached hydrogens (tertiary/aromatic N) is 1. The summed E-state index contributed by atoms with van der Waals surface area (Å²) in [5.74, 6) is -1.93. The van der Waals surface area contributed by atoms with Gasteiger partial charge in [0.25, 0.3) is 0 Å². The molecule has 1 saturated heterocycles. The van der Waals surface area contributed by atoms with Crippen LogP contribution in [0.25, 0.3) is 0 Å². The lowest BCUT2D eigenvalue weighted by atomic mass is 9.69. The molecule has 2 bridgehead atoms. The molecule has 0 radical (unpaired) electrons. The van der Waals surface area contributed by atoms with Crippen LogP contribution >= 0.6 is 0 Å². The molecule has 1 aliphatic carbocycles. The normalized spacial score (nSPS) is 41.3. The lowest BCUT2D eigenvalue weighted by Gasteiger charge is -2.41. The first-order valence-electron chi connectivity index (χ1n) is 11.4. The summed E-state index contributed by atoms with van der Waals surface area (Å²) >= 11 is 0. The van der Waals surface area contributed by atoms with Crippen LogP contribution in [0.5, 0.6) is 0 Å². The average molecular weight is 446 g/mol. The number of esters is 1. The van der Waals surface area contributed by atoms with E-state index in [-0.39, 0.29) is 23.5 Å². The van der Waals surface area contributed by atoms with E-state index in [2.05, 4.69) is 18.2 Å². The predicted molar refractivity (Wildman–Crippen MR) is 117 cm³/mol. The first-order valence-corrected chi connectivity index (χ1v) is 11.4. The summed E-state index contributed by atoms with van der Waals surface area (Å²) in [5.41, 5.74) is 0.277. The number of methoxy groups -OCH3 is 1. The van der Waals surface area contributed by atoms with Gasteiger partial charge in [0.2, 0.25) is 0 Å². The lowest BCUT2D eigenvalue weighted by Crippen LogP contribution is -2.46. The van der Waals surface area contributed by atoms with Crippen molar-refractivity contribution < 1.29 is 28.9 Å². The smallest absolute Gasteiger partial charge is 0.335 e. The van der Waals surface area contributed by atoms with E-state index in [1.165, 1.54) is 14.0 Å². The van der Waals surface area contributed by atoms with E-state index >= 15 is 0 Å². The quantitative estimate of drug-likeness (QED) is 0.512. The zero-order chi connectivity index (χ0) is 23.8. The molecule has 3 aliphatic rings. The van der Waals surface area contributed by atoms with Crippen molar-refractivity contribution in [1.82, 2.24) is 0 Å². The minimum atomic E-state index is -0.848. The van der Waals surface area contributed by atoms with Crippen LogP contribution in [-0.4, -0.2) is 54.0 Å². The Balaban J connectivity index is 2.06. The Bertz CT molecular complexity index is 842. The molecule has 1 spiro atoms. The third-order valence-corrected chi connectivity index (χ3v) is 7.62. The van der Waals surface area contributed by atoms with Crippen molar-refractivity contribution in [2.75, 3.05) is 7.11 Å². The number of nitriles is 1. The van der Waals surface area contributed by atoms with Crippen LogP contribution in [0.15, 0.2) is 23.8 Å². The molecule has 0 amide bonds. The highest BCUT2D eigenvalue weighted by molar-refractivity contribution is 5.78. The maximum absolute atomic E-state index is 12.8. The van der Waals surface area contributed by atoms with Gasteiger partial charge < -0.3 is 19.3 Å². The molecule has 7 nitrogen and oxygen atoms in total. The second-order valence-corrected chi connectivity index (χ2v) is 9.70. The Morgan fingerprint density at radius 3 is 2.59 bits per heavy atom. The first kappa shape index (κ1) is 24.6. The summed E-state index contributed by atoms with van der Waals surface area (Å²) in [6.07, 6.45) is 4.40. The van der Waals surface area contributed by atoms with Gasteiger partial charge in [-0.15, -0.1) is 0 Å². The highest BCUT2D eigenvalue weighted by atomic mass is 16.6. The number of cyclic esters (lactones) is 1. The summed E-state index contributed by atoms with van der Waals surface area (Å²) < 4.78 is 17.9. The molecule has 0 aromatic heterocycles. The number of fused-ring (bicyclic) bond motifs is 1. The molecule has 3 rings (SSSR count). The number of aliphatic hydroxyl groups excluding tert-OH is 1. The summed E-state index contributed by atoms with van der Waals surface area (Å²) in [4.78, 5) is 24.9. The van der Waals surface area contributed by atoms with Crippen molar-refractivity contribution in [3.63, 3.8) is 0 Å². The first-order chi connectivity index (χ1) is 15.0. The number of carbonyl (C=O) groups is 2. The Labute approximate surface area is 190 Å². The number of carbonyl (C=O) groups excluding carboxylic acids is 2. The monoisotopic (exact) mass is 445 g/mol. The van der Waals surface area contributed by atoms with E-state index in [4.69, 9.17) is 14.2 Å². The average Bonchev–Trinajstić information content (AvgIpc) is 3.05. The molecule has 1 fully saturated rings. The summed E-state index contributed by atoms with van der Waals surface area (Å²) in [5, 5.41) is 20.1.